The quantitative estimate of drug-likeness (QED) is 0.646. The maximum Gasteiger partial charge on any atom is 0.339 e. The first-order chi connectivity index (χ1) is 15.0. The molecule has 1 saturated heterocycles. The Balaban J connectivity index is 1.35. The summed E-state index contributed by atoms with van der Waals surface area (Å²) in [5, 5.41) is 6.76. The molecule has 0 atom stereocenters. The number of carbonyl (C=O) groups excluding carboxylic acids is 2. The summed E-state index contributed by atoms with van der Waals surface area (Å²) in [5.74, 6) is 0.612. The number of aryl methyl sites for hydroxylation is 1. The second-order valence-electron chi connectivity index (χ2n) is 7.13. The zero-order valence-electron chi connectivity index (χ0n) is 17.4. The molecular weight excluding hydrogens is 398 g/mol. The number of hydrogen-bond acceptors (Lipinski definition) is 7. The van der Waals surface area contributed by atoms with Crippen LogP contribution in [0.4, 0.5) is 16.2 Å². The molecule has 1 fully saturated rings. The summed E-state index contributed by atoms with van der Waals surface area (Å²) in [6.45, 7) is 4.30. The van der Waals surface area contributed by atoms with Crippen molar-refractivity contribution in [2.45, 2.75) is 6.92 Å². The zero-order chi connectivity index (χ0) is 21.8. The summed E-state index contributed by atoms with van der Waals surface area (Å²) in [5.41, 5.74) is 2.73. The van der Waals surface area contributed by atoms with Gasteiger partial charge in [-0.2, -0.15) is 4.98 Å². The number of nitrogens with zero attached hydrogens (tertiary/aromatic N) is 4. The van der Waals surface area contributed by atoms with Gasteiger partial charge in [-0.05, 0) is 36.4 Å². The van der Waals surface area contributed by atoms with Gasteiger partial charge in [0.15, 0.2) is 0 Å². The normalized spacial score (nSPS) is 13.7. The third kappa shape index (κ3) is 4.50. The van der Waals surface area contributed by atoms with Crippen molar-refractivity contribution in [2.24, 2.45) is 0 Å². The second-order valence-corrected chi connectivity index (χ2v) is 7.13. The lowest BCUT2D eigenvalue weighted by molar-refractivity contribution is 0.0602. The van der Waals surface area contributed by atoms with Gasteiger partial charge in [0, 0.05) is 44.4 Å². The van der Waals surface area contributed by atoms with Crippen LogP contribution in [0, 0.1) is 6.92 Å². The van der Waals surface area contributed by atoms with E-state index in [0.717, 1.165) is 11.3 Å². The average Bonchev–Trinajstić information content (AvgIpc) is 3.25. The molecule has 0 aliphatic carbocycles. The summed E-state index contributed by atoms with van der Waals surface area (Å²) in [6, 6.07) is 14.5. The summed E-state index contributed by atoms with van der Waals surface area (Å²) in [7, 11) is 1.32. The molecule has 0 radical (unpaired) electrons. The lowest BCUT2D eigenvalue weighted by Crippen LogP contribution is -2.50. The molecule has 2 heterocycles. The number of rotatable bonds is 4. The number of urea groups is 1. The van der Waals surface area contributed by atoms with Gasteiger partial charge in [-0.1, -0.05) is 17.3 Å². The number of benzene rings is 2. The van der Waals surface area contributed by atoms with Crippen LogP contribution in [-0.4, -0.2) is 60.3 Å². The number of anilines is 2. The molecule has 1 aromatic heterocycles. The fourth-order valence-electron chi connectivity index (χ4n) is 3.48. The maximum atomic E-state index is 12.7. The molecule has 1 aliphatic rings. The Morgan fingerprint density at radius 3 is 2.39 bits per heavy atom. The standard InChI is InChI=1S/C22H23N5O4/c1-15-23-20(25-31-15)16-7-9-17(10-8-16)26-11-13-27(14-12-26)22(29)24-19-6-4-3-5-18(19)21(28)30-2/h3-10H,11-14H2,1-2H3,(H,24,29). The lowest BCUT2D eigenvalue weighted by Gasteiger charge is -2.36. The smallest absolute Gasteiger partial charge is 0.339 e. The van der Waals surface area contributed by atoms with E-state index in [1.54, 1.807) is 36.1 Å². The van der Waals surface area contributed by atoms with Crippen molar-refractivity contribution in [3.05, 3.63) is 60.0 Å². The zero-order valence-corrected chi connectivity index (χ0v) is 17.4. The van der Waals surface area contributed by atoms with Crippen molar-refractivity contribution >= 4 is 23.4 Å². The van der Waals surface area contributed by atoms with Crippen molar-refractivity contribution in [3.63, 3.8) is 0 Å². The van der Waals surface area contributed by atoms with E-state index in [9.17, 15) is 9.59 Å². The number of esters is 1. The van der Waals surface area contributed by atoms with E-state index in [2.05, 4.69) is 20.4 Å². The number of amides is 2. The minimum atomic E-state index is -0.486. The van der Waals surface area contributed by atoms with Crippen LogP contribution in [0.15, 0.2) is 53.1 Å². The number of piperazine rings is 1. The van der Waals surface area contributed by atoms with E-state index in [4.69, 9.17) is 9.26 Å². The van der Waals surface area contributed by atoms with E-state index in [1.807, 2.05) is 24.3 Å². The molecule has 0 bridgehead atoms. The molecule has 31 heavy (non-hydrogen) atoms. The predicted molar refractivity (Wildman–Crippen MR) is 115 cm³/mol. The number of aromatic nitrogens is 2. The first-order valence-electron chi connectivity index (χ1n) is 9.94. The van der Waals surface area contributed by atoms with Crippen LogP contribution in [0.1, 0.15) is 16.2 Å². The van der Waals surface area contributed by atoms with Crippen LogP contribution >= 0.6 is 0 Å². The van der Waals surface area contributed by atoms with Crippen LogP contribution in [0.5, 0.6) is 0 Å². The van der Waals surface area contributed by atoms with Crippen LogP contribution in [-0.2, 0) is 4.74 Å². The van der Waals surface area contributed by atoms with Gasteiger partial charge < -0.3 is 24.4 Å². The van der Waals surface area contributed by atoms with Gasteiger partial charge in [0.1, 0.15) is 0 Å². The van der Waals surface area contributed by atoms with Gasteiger partial charge >= 0.3 is 12.0 Å². The molecular formula is C22H23N5O4. The fourth-order valence-corrected chi connectivity index (χ4v) is 3.48. The minimum absolute atomic E-state index is 0.237. The molecule has 1 N–H and O–H groups in total. The first-order valence-corrected chi connectivity index (χ1v) is 9.94. The van der Waals surface area contributed by atoms with Crippen LogP contribution < -0.4 is 10.2 Å². The van der Waals surface area contributed by atoms with E-state index < -0.39 is 5.97 Å². The molecule has 0 unspecified atom stereocenters. The highest BCUT2D eigenvalue weighted by Gasteiger charge is 2.23. The molecule has 1 aliphatic heterocycles. The second kappa shape index (κ2) is 8.86. The van der Waals surface area contributed by atoms with Crippen LogP contribution in [0.3, 0.4) is 0 Å². The molecule has 0 spiro atoms. The van der Waals surface area contributed by atoms with E-state index in [1.165, 1.54) is 7.11 Å². The minimum Gasteiger partial charge on any atom is -0.465 e. The van der Waals surface area contributed by atoms with Crippen molar-refractivity contribution in [3.8, 4) is 11.4 Å². The van der Waals surface area contributed by atoms with Gasteiger partial charge in [0.2, 0.25) is 11.7 Å². The van der Waals surface area contributed by atoms with E-state index in [-0.39, 0.29) is 6.03 Å². The topological polar surface area (TPSA) is 101 Å². The van der Waals surface area contributed by atoms with Crippen molar-refractivity contribution in [1.82, 2.24) is 15.0 Å². The highest BCUT2D eigenvalue weighted by atomic mass is 16.5. The number of ether oxygens (including phenoxy) is 1. The van der Waals surface area contributed by atoms with Gasteiger partial charge in [0.25, 0.3) is 0 Å². The Morgan fingerprint density at radius 2 is 1.74 bits per heavy atom. The number of hydrogen-bond donors (Lipinski definition) is 1. The molecule has 9 nitrogen and oxygen atoms in total. The van der Waals surface area contributed by atoms with Gasteiger partial charge in [-0.15, -0.1) is 0 Å². The summed E-state index contributed by atoms with van der Waals surface area (Å²) < 4.78 is 9.81. The Labute approximate surface area is 179 Å². The average molecular weight is 421 g/mol. The van der Waals surface area contributed by atoms with E-state index >= 15 is 0 Å². The predicted octanol–water partition coefficient (Wildman–Crippen LogP) is 3.19. The maximum absolute atomic E-state index is 12.7. The first kappa shape index (κ1) is 20.4. The number of para-hydroxylation sites is 1. The number of carbonyl (C=O) groups is 2. The Kier molecular flexibility index (Phi) is 5.83. The lowest BCUT2D eigenvalue weighted by atomic mass is 10.1. The van der Waals surface area contributed by atoms with Crippen molar-refractivity contribution < 1.29 is 18.8 Å². The van der Waals surface area contributed by atoms with Crippen LogP contribution in [0.2, 0.25) is 0 Å². The summed E-state index contributed by atoms with van der Waals surface area (Å²) in [4.78, 5) is 32.8. The Bertz CT molecular complexity index is 1070. The fraction of sp³-hybridized carbons (Fsp3) is 0.273. The largest absolute Gasteiger partial charge is 0.465 e. The molecule has 3 aromatic rings. The third-order valence-electron chi connectivity index (χ3n) is 5.16. The molecule has 4 rings (SSSR count). The summed E-state index contributed by atoms with van der Waals surface area (Å²) >= 11 is 0. The Hall–Kier alpha value is -3.88. The summed E-state index contributed by atoms with van der Waals surface area (Å²) in [6.07, 6.45) is 0. The van der Waals surface area contributed by atoms with Gasteiger partial charge in [-0.3, -0.25) is 0 Å². The van der Waals surface area contributed by atoms with E-state index in [0.29, 0.717) is 49.1 Å². The van der Waals surface area contributed by atoms with Gasteiger partial charge in [0.05, 0.1) is 18.4 Å². The number of nitrogens with one attached hydrogen (secondary N) is 1. The van der Waals surface area contributed by atoms with Crippen molar-refractivity contribution in [2.75, 3.05) is 43.5 Å². The highest BCUT2D eigenvalue weighted by Crippen LogP contribution is 2.23. The monoisotopic (exact) mass is 421 g/mol. The highest BCUT2D eigenvalue weighted by molar-refractivity contribution is 6.00. The molecule has 2 amide bonds. The van der Waals surface area contributed by atoms with Gasteiger partial charge in [-0.25, -0.2) is 9.59 Å². The molecule has 2 aromatic carbocycles. The number of methoxy groups -OCH3 is 1. The van der Waals surface area contributed by atoms with Crippen LogP contribution in [0.25, 0.3) is 11.4 Å². The SMILES string of the molecule is COC(=O)c1ccccc1NC(=O)N1CCN(c2ccc(-c3noc(C)n3)cc2)CC1. The third-order valence-corrected chi connectivity index (χ3v) is 5.16. The molecule has 0 saturated carbocycles. The Morgan fingerprint density at radius 1 is 1.03 bits per heavy atom. The molecule has 9 heteroatoms. The van der Waals surface area contributed by atoms with Crippen molar-refractivity contribution in [1.29, 1.82) is 0 Å². The molecule has 160 valence electrons.